The maximum Gasteiger partial charge on any atom is 0.225 e. The zero-order valence-electron chi connectivity index (χ0n) is 15.1. The van der Waals surface area contributed by atoms with Gasteiger partial charge >= 0.3 is 0 Å². The van der Waals surface area contributed by atoms with Gasteiger partial charge in [0.15, 0.2) is 0 Å². The Labute approximate surface area is 151 Å². The highest BCUT2D eigenvalue weighted by atomic mass is 32.2. The first-order chi connectivity index (χ1) is 12.1. The van der Waals surface area contributed by atoms with Crippen LogP contribution >= 0.6 is 0 Å². The molecular formula is C18H31N3O3S. The number of sulfonamides is 1. The number of nitrogens with zero attached hydrogens (tertiary/aromatic N) is 3. The molecular weight excluding hydrogens is 338 g/mol. The van der Waals surface area contributed by atoms with E-state index in [-0.39, 0.29) is 17.1 Å². The smallest absolute Gasteiger partial charge is 0.225 e. The fourth-order valence-electron chi connectivity index (χ4n) is 5.02. The maximum atomic E-state index is 12.9. The minimum absolute atomic E-state index is 0.153. The van der Waals surface area contributed by atoms with Crippen molar-refractivity contribution >= 4 is 15.9 Å². The number of hydrogen-bond acceptors (Lipinski definition) is 4. The second-order valence-corrected chi connectivity index (χ2v) is 10.5. The molecule has 3 aliphatic heterocycles. The fraction of sp³-hybridized carbons (Fsp3) is 0.944. The van der Waals surface area contributed by atoms with Crippen LogP contribution in [-0.2, 0) is 14.8 Å². The summed E-state index contributed by atoms with van der Waals surface area (Å²) in [6, 6.07) is 0.566. The van der Waals surface area contributed by atoms with Crippen LogP contribution in [0.25, 0.3) is 0 Å². The lowest BCUT2D eigenvalue weighted by Crippen LogP contribution is -2.61. The van der Waals surface area contributed by atoms with E-state index in [9.17, 15) is 13.2 Å². The Bertz CT molecular complexity index is 583. The third-order valence-electron chi connectivity index (χ3n) is 6.73. The molecule has 0 bridgehead atoms. The average molecular weight is 370 g/mol. The normalized spacial score (nSPS) is 28.6. The van der Waals surface area contributed by atoms with Crippen molar-refractivity contribution in [1.82, 2.24) is 14.1 Å². The van der Waals surface area contributed by atoms with E-state index in [0.29, 0.717) is 32.2 Å². The van der Waals surface area contributed by atoms with Crippen molar-refractivity contribution in [2.45, 2.75) is 62.7 Å². The highest BCUT2D eigenvalue weighted by Crippen LogP contribution is 2.31. The van der Waals surface area contributed by atoms with Gasteiger partial charge in [0.1, 0.15) is 5.25 Å². The highest BCUT2D eigenvalue weighted by molar-refractivity contribution is 7.89. The lowest BCUT2D eigenvalue weighted by Gasteiger charge is -2.43. The van der Waals surface area contributed by atoms with Crippen molar-refractivity contribution in [3.63, 3.8) is 0 Å². The topological polar surface area (TPSA) is 60.9 Å². The fourth-order valence-corrected chi connectivity index (χ4v) is 6.89. The molecule has 0 aromatic heterocycles. The molecule has 4 aliphatic rings. The summed E-state index contributed by atoms with van der Waals surface area (Å²) in [6.07, 6.45) is 8.72. The summed E-state index contributed by atoms with van der Waals surface area (Å²) in [6.45, 7) is 4.47. The zero-order valence-corrected chi connectivity index (χ0v) is 15.9. The van der Waals surface area contributed by atoms with E-state index in [0.717, 1.165) is 38.5 Å². The summed E-state index contributed by atoms with van der Waals surface area (Å²) in [4.78, 5) is 16.7. The number of amides is 1. The quantitative estimate of drug-likeness (QED) is 0.749. The van der Waals surface area contributed by atoms with Crippen molar-refractivity contribution in [3.8, 4) is 0 Å². The van der Waals surface area contributed by atoms with Gasteiger partial charge in [0.25, 0.3) is 0 Å². The molecule has 1 saturated carbocycles. The molecule has 1 aliphatic carbocycles. The molecule has 0 atom stereocenters. The van der Waals surface area contributed by atoms with Crippen LogP contribution in [0.15, 0.2) is 0 Å². The Balaban J connectivity index is 1.27. The van der Waals surface area contributed by atoms with Crippen LogP contribution < -0.4 is 0 Å². The Hall–Kier alpha value is -0.660. The van der Waals surface area contributed by atoms with Crippen LogP contribution in [0, 0.1) is 5.92 Å². The zero-order chi connectivity index (χ0) is 17.4. The highest BCUT2D eigenvalue weighted by Gasteiger charge is 2.45. The Morgan fingerprint density at radius 3 is 2.00 bits per heavy atom. The predicted molar refractivity (Wildman–Crippen MR) is 96.6 cm³/mol. The van der Waals surface area contributed by atoms with Gasteiger partial charge in [0.2, 0.25) is 15.9 Å². The monoisotopic (exact) mass is 369 g/mol. The second-order valence-electron chi connectivity index (χ2n) is 8.26. The van der Waals surface area contributed by atoms with Crippen LogP contribution in [0.1, 0.15) is 51.4 Å². The molecule has 142 valence electrons. The number of likely N-dealkylation sites (tertiary alicyclic amines) is 2. The van der Waals surface area contributed by atoms with Crippen molar-refractivity contribution < 1.29 is 13.2 Å². The number of carbonyl (C=O) groups excluding carboxylic acids is 1. The van der Waals surface area contributed by atoms with E-state index in [1.165, 1.54) is 25.9 Å². The molecule has 6 nitrogen and oxygen atoms in total. The van der Waals surface area contributed by atoms with Gasteiger partial charge in [0.05, 0.1) is 0 Å². The van der Waals surface area contributed by atoms with Gasteiger partial charge in [-0.25, -0.2) is 12.7 Å². The minimum Gasteiger partial charge on any atom is -0.340 e. The number of rotatable bonds is 4. The van der Waals surface area contributed by atoms with Gasteiger partial charge in [-0.05, 0) is 51.6 Å². The first-order valence-corrected chi connectivity index (χ1v) is 11.6. The third-order valence-corrected chi connectivity index (χ3v) is 8.95. The first kappa shape index (κ1) is 17.7. The molecule has 1 amide bonds. The van der Waals surface area contributed by atoms with Crippen LogP contribution in [0.3, 0.4) is 0 Å². The van der Waals surface area contributed by atoms with Crippen molar-refractivity contribution in [3.05, 3.63) is 0 Å². The molecule has 0 N–H and O–H groups in total. The van der Waals surface area contributed by atoms with E-state index >= 15 is 0 Å². The first-order valence-electron chi connectivity index (χ1n) is 10.1. The molecule has 25 heavy (non-hydrogen) atoms. The minimum atomic E-state index is -3.24. The molecule has 7 heteroatoms. The molecule has 4 fully saturated rings. The van der Waals surface area contributed by atoms with Gasteiger partial charge in [-0.1, -0.05) is 12.8 Å². The van der Waals surface area contributed by atoms with Gasteiger partial charge in [-0.3, -0.25) is 4.79 Å². The van der Waals surface area contributed by atoms with E-state index in [1.54, 1.807) is 9.21 Å². The summed E-state index contributed by atoms with van der Waals surface area (Å²) >= 11 is 0. The van der Waals surface area contributed by atoms with Crippen molar-refractivity contribution in [2.24, 2.45) is 5.92 Å². The molecule has 4 rings (SSSR count). The Morgan fingerprint density at radius 1 is 0.800 bits per heavy atom. The number of carbonyl (C=O) groups is 1. The van der Waals surface area contributed by atoms with E-state index in [2.05, 4.69) is 4.90 Å². The van der Waals surface area contributed by atoms with Crippen LogP contribution in [0.5, 0.6) is 0 Å². The molecule has 0 spiro atoms. The molecule has 3 heterocycles. The Morgan fingerprint density at radius 2 is 1.40 bits per heavy atom. The van der Waals surface area contributed by atoms with Gasteiger partial charge in [0, 0.05) is 38.1 Å². The van der Waals surface area contributed by atoms with E-state index < -0.39 is 10.0 Å². The molecule has 3 saturated heterocycles. The number of piperidine rings is 1. The third kappa shape index (κ3) is 3.47. The lowest BCUT2D eigenvalue weighted by atomic mass is 10.0. The number of hydrogen-bond donors (Lipinski definition) is 0. The van der Waals surface area contributed by atoms with Gasteiger partial charge < -0.3 is 9.80 Å². The molecule has 0 unspecified atom stereocenters. The summed E-state index contributed by atoms with van der Waals surface area (Å²) in [7, 11) is -3.24. The molecule has 0 aromatic carbocycles. The van der Waals surface area contributed by atoms with Gasteiger partial charge in [-0.2, -0.15) is 0 Å². The maximum absolute atomic E-state index is 12.9. The summed E-state index contributed by atoms with van der Waals surface area (Å²) in [5.74, 6) is 0.344. The molecule has 0 radical (unpaired) electrons. The standard InChI is InChI=1S/C18H31N3O3S/c22-18(15-5-1-2-6-15)20-13-17(14-20)25(23,24)21-11-7-16(8-12-21)19-9-3-4-10-19/h15-17H,1-14H2. The largest absolute Gasteiger partial charge is 0.340 e. The SMILES string of the molecule is O=C(C1CCCC1)N1CC(S(=O)(=O)N2CCC(N3CCCC3)CC2)C1. The van der Waals surface area contributed by atoms with Crippen LogP contribution in [-0.4, -0.2) is 79.0 Å². The summed E-state index contributed by atoms with van der Waals surface area (Å²) in [5.41, 5.74) is 0. The second kappa shape index (κ2) is 7.16. The van der Waals surface area contributed by atoms with E-state index in [4.69, 9.17) is 0 Å². The van der Waals surface area contributed by atoms with Crippen LogP contribution in [0.4, 0.5) is 0 Å². The lowest BCUT2D eigenvalue weighted by molar-refractivity contribution is -0.138. The summed E-state index contributed by atoms with van der Waals surface area (Å²) < 4.78 is 27.4. The van der Waals surface area contributed by atoms with E-state index in [1.807, 2.05) is 0 Å². The predicted octanol–water partition coefficient (Wildman–Crippen LogP) is 1.28. The Kier molecular flexibility index (Phi) is 5.08. The molecule has 0 aromatic rings. The van der Waals surface area contributed by atoms with Crippen molar-refractivity contribution in [2.75, 3.05) is 39.3 Å². The van der Waals surface area contributed by atoms with Gasteiger partial charge in [-0.15, -0.1) is 0 Å². The average Bonchev–Trinajstić information content (AvgIpc) is 3.27. The van der Waals surface area contributed by atoms with Crippen LogP contribution in [0.2, 0.25) is 0 Å². The van der Waals surface area contributed by atoms with Crippen molar-refractivity contribution in [1.29, 1.82) is 0 Å². The summed E-state index contributed by atoms with van der Waals surface area (Å²) in [5, 5.41) is -0.374.